The fourth-order valence-electron chi connectivity index (χ4n) is 6.23. The molecule has 1 aromatic heterocycles. The van der Waals surface area contributed by atoms with Crippen LogP contribution in [0.3, 0.4) is 0 Å². The minimum Gasteiger partial charge on any atom is -0.492 e. The van der Waals surface area contributed by atoms with Gasteiger partial charge in [-0.1, -0.05) is 26.0 Å². The molecule has 0 bridgehead atoms. The third-order valence-electron chi connectivity index (χ3n) is 8.46. The highest BCUT2D eigenvalue weighted by molar-refractivity contribution is 5.98. The first kappa shape index (κ1) is 26.8. The number of pyridine rings is 1. The maximum absolute atomic E-state index is 13.6. The van der Waals surface area contributed by atoms with Gasteiger partial charge >= 0.3 is 0 Å². The summed E-state index contributed by atoms with van der Waals surface area (Å²) in [5, 5.41) is 31.9. The molecule has 0 aliphatic carbocycles. The molecule has 4 aliphatic heterocycles. The van der Waals surface area contributed by atoms with Crippen LogP contribution in [0.1, 0.15) is 46.5 Å². The number of carbonyl (C=O) groups is 2. The van der Waals surface area contributed by atoms with Crippen LogP contribution in [-0.2, 0) is 5.41 Å². The van der Waals surface area contributed by atoms with E-state index in [4.69, 9.17) is 16.2 Å². The van der Waals surface area contributed by atoms with Gasteiger partial charge in [0, 0.05) is 31.0 Å². The molecule has 2 aromatic rings. The molecule has 4 aliphatic rings. The van der Waals surface area contributed by atoms with Gasteiger partial charge < -0.3 is 47.3 Å². The number of ether oxygens (including phenoxy) is 1. The Kier molecular flexibility index (Phi) is 6.08. The van der Waals surface area contributed by atoms with E-state index in [1.807, 2.05) is 6.07 Å². The summed E-state index contributed by atoms with van der Waals surface area (Å²) < 4.78 is 5.89. The summed E-state index contributed by atoms with van der Waals surface area (Å²) >= 11 is 0. The largest absolute Gasteiger partial charge is 0.492 e. The van der Waals surface area contributed by atoms with Gasteiger partial charge in [-0.05, 0) is 30.0 Å². The molecule has 216 valence electrons. The summed E-state index contributed by atoms with van der Waals surface area (Å²) in [5.74, 6) is -3.14. The molecule has 5 heterocycles. The molecule has 9 N–H and O–H groups in total. The number of aliphatic hydroxyl groups is 2. The van der Waals surface area contributed by atoms with E-state index in [0.717, 1.165) is 12.0 Å². The Morgan fingerprint density at radius 3 is 2.73 bits per heavy atom. The number of guanidine groups is 2. The maximum Gasteiger partial charge on any atom is 0.255 e. The first-order chi connectivity index (χ1) is 19.5. The van der Waals surface area contributed by atoms with Crippen LogP contribution in [0.15, 0.2) is 52.7 Å². The number of nitrogens with two attached hydrogens (primary N) is 2. The van der Waals surface area contributed by atoms with Crippen molar-refractivity contribution in [3.63, 3.8) is 0 Å². The second-order valence-electron chi connectivity index (χ2n) is 11.4. The topological polar surface area (TPSA) is 213 Å². The first-order valence-corrected chi connectivity index (χ1v) is 13.4. The van der Waals surface area contributed by atoms with Gasteiger partial charge in [-0.3, -0.25) is 14.6 Å². The van der Waals surface area contributed by atoms with E-state index < -0.39 is 41.4 Å². The molecule has 1 unspecified atom stereocenters. The lowest BCUT2D eigenvalue weighted by Crippen LogP contribution is -2.78. The van der Waals surface area contributed by atoms with Crippen LogP contribution in [0.5, 0.6) is 5.75 Å². The molecule has 6 rings (SSSR count). The number of aromatic nitrogens is 1. The van der Waals surface area contributed by atoms with Crippen molar-refractivity contribution >= 4 is 23.7 Å². The van der Waals surface area contributed by atoms with E-state index in [1.54, 1.807) is 30.5 Å². The van der Waals surface area contributed by atoms with Crippen LogP contribution in [0.4, 0.5) is 0 Å². The number of nitrogens with one attached hydrogen (secondary N) is 3. The molecule has 1 spiro atoms. The molecule has 2 amide bonds. The molecule has 1 fully saturated rings. The Morgan fingerprint density at radius 1 is 1.17 bits per heavy atom. The molecule has 14 nitrogen and oxygen atoms in total. The van der Waals surface area contributed by atoms with Crippen LogP contribution in [0, 0.1) is 0 Å². The average molecular weight is 564 g/mol. The van der Waals surface area contributed by atoms with Gasteiger partial charge in [0.25, 0.3) is 11.8 Å². The minimum absolute atomic E-state index is 0.0225. The van der Waals surface area contributed by atoms with Gasteiger partial charge in [-0.15, -0.1) is 0 Å². The average Bonchev–Trinajstić information content (AvgIpc) is 3.41. The van der Waals surface area contributed by atoms with Crippen molar-refractivity contribution in [1.29, 1.82) is 0 Å². The molecule has 1 aromatic carbocycles. The highest BCUT2D eigenvalue weighted by atomic mass is 16.5. The molecule has 4 atom stereocenters. The number of benzene rings is 1. The Labute approximate surface area is 235 Å². The van der Waals surface area contributed by atoms with Crippen molar-refractivity contribution in [2.24, 2.45) is 21.5 Å². The molecular weight excluding hydrogens is 530 g/mol. The molecule has 1 saturated heterocycles. The highest BCUT2D eigenvalue weighted by Gasteiger charge is 2.73. The van der Waals surface area contributed by atoms with Gasteiger partial charge in [0.1, 0.15) is 17.8 Å². The molecule has 0 saturated carbocycles. The number of carbonyl (C=O) groups excluding carboxylic acids is 2. The van der Waals surface area contributed by atoms with Crippen LogP contribution in [0.2, 0.25) is 0 Å². The normalized spacial score (nSPS) is 28.6. The van der Waals surface area contributed by atoms with E-state index in [9.17, 15) is 19.8 Å². The summed E-state index contributed by atoms with van der Waals surface area (Å²) in [7, 11) is 0. The monoisotopic (exact) mass is 563 g/mol. The predicted molar refractivity (Wildman–Crippen MR) is 148 cm³/mol. The van der Waals surface area contributed by atoms with Crippen molar-refractivity contribution < 1.29 is 24.5 Å². The fourth-order valence-corrected chi connectivity index (χ4v) is 6.23. The Bertz CT molecular complexity index is 1460. The predicted octanol–water partition coefficient (Wildman–Crippen LogP) is -1.65. The summed E-state index contributed by atoms with van der Waals surface area (Å²) in [5.41, 5.74) is 12.0. The van der Waals surface area contributed by atoms with E-state index in [2.05, 4.69) is 44.8 Å². The third kappa shape index (κ3) is 4.04. The summed E-state index contributed by atoms with van der Waals surface area (Å²) in [6, 6.07) is 5.62. The number of rotatable bonds is 5. The maximum atomic E-state index is 13.6. The third-order valence-corrected chi connectivity index (χ3v) is 8.46. The standard InChI is InChI=1S/C27H33N9O5/c1-25(2)8-10-41-19-15(6-3-7-16(19)25)22(38)33-18-13-36-24(29)32-17(12-31-21(37)14-5-4-9-30-11-14)20-26(36,27(18,39)40)35-23(28)34-20/h3-7,9,11,17-18,20,39-40H,8,10,12-13H2,1-2H3,(H2,29,32)(H,31,37)(H,33,38)(H3,28,34,35)/t17-,18?,20-,26-/m0/s1. The second-order valence-corrected chi connectivity index (χ2v) is 11.4. The fraction of sp³-hybridized carbons (Fsp3) is 0.444. The quantitative estimate of drug-likeness (QED) is 0.206. The lowest BCUT2D eigenvalue weighted by molar-refractivity contribution is -0.230. The van der Waals surface area contributed by atoms with Gasteiger partial charge in [-0.25, -0.2) is 9.98 Å². The summed E-state index contributed by atoms with van der Waals surface area (Å²) in [6.07, 6.45) is 3.79. The first-order valence-electron chi connectivity index (χ1n) is 13.4. The zero-order valence-electron chi connectivity index (χ0n) is 22.7. The molecular formula is C27H33N9O5. The minimum atomic E-state index is -2.61. The van der Waals surface area contributed by atoms with Crippen molar-refractivity contribution in [3.05, 3.63) is 59.4 Å². The molecule has 41 heavy (non-hydrogen) atoms. The SMILES string of the molecule is CC1(C)CCOc2c(C(=O)NC3CN4C(N)=N[C@@H](CNC(=O)c5cccnc5)[C@@H]5N=C(N)N[C@@]54C3(O)O)cccc21. The van der Waals surface area contributed by atoms with E-state index in [0.29, 0.717) is 17.9 Å². The number of hydrogen-bond donors (Lipinski definition) is 7. The lowest BCUT2D eigenvalue weighted by Gasteiger charge is -2.49. The van der Waals surface area contributed by atoms with Crippen molar-refractivity contribution in [1.82, 2.24) is 25.8 Å². The number of nitrogens with zero attached hydrogens (tertiary/aromatic N) is 4. The van der Waals surface area contributed by atoms with Crippen LogP contribution < -0.4 is 32.2 Å². The van der Waals surface area contributed by atoms with Crippen LogP contribution in [0.25, 0.3) is 0 Å². The van der Waals surface area contributed by atoms with Crippen molar-refractivity contribution in [3.8, 4) is 5.75 Å². The van der Waals surface area contributed by atoms with Crippen molar-refractivity contribution in [2.45, 2.75) is 55.3 Å². The Balaban J connectivity index is 1.27. The van der Waals surface area contributed by atoms with E-state index in [1.165, 1.54) is 11.1 Å². The number of hydrogen-bond acceptors (Lipinski definition) is 12. The number of aliphatic imine (C=N–C) groups is 2. The Hall–Kier alpha value is -4.43. The zero-order chi connectivity index (χ0) is 29.2. The second kappa shape index (κ2) is 9.31. The smallest absolute Gasteiger partial charge is 0.255 e. The lowest BCUT2D eigenvalue weighted by atomic mass is 9.79. The number of para-hydroxylation sites is 1. The van der Waals surface area contributed by atoms with Gasteiger partial charge in [0.05, 0.1) is 23.8 Å². The van der Waals surface area contributed by atoms with Gasteiger partial charge in [0.2, 0.25) is 5.79 Å². The van der Waals surface area contributed by atoms with Gasteiger partial charge in [0.15, 0.2) is 17.6 Å². The molecule has 14 heteroatoms. The number of amides is 2. The van der Waals surface area contributed by atoms with Crippen molar-refractivity contribution in [2.75, 3.05) is 19.7 Å². The number of fused-ring (bicyclic) bond motifs is 1. The summed E-state index contributed by atoms with van der Waals surface area (Å²) in [6.45, 7) is 4.51. The van der Waals surface area contributed by atoms with Crippen LogP contribution >= 0.6 is 0 Å². The zero-order valence-corrected chi connectivity index (χ0v) is 22.7. The van der Waals surface area contributed by atoms with Gasteiger partial charge in [-0.2, -0.15) is 0 Å². The van der Waals surface area contributed by atoms with Crippen LogP contribution in [-0.4, -0.2) is 93.1 Å². The molecule has 0 radical (unpaired) electrons. The summed E-state index contributed by atoms with van der Waals surface area (Å²) in [4.78, 5) is 40.5. The Morgan fingerprint density at radius 2 is 1.98 bits per heavy atom. The highest BCUT2D eigenvalue weighted by Crippen LogP contribution is 2.45. The van der Waals surface area contributed by atoms with E-state index in [-0.39, 0.29) is 36.0 Å². The van der Waals surface area contributed by atoms with E-state index >= 15 is 0 Å².